The first-order valence-corrected chi connectivity index (χ1v) is 6.61. The van der Waals surface area contributed by atoms with E-state index >= 15 is 0 Å². The normalized spacial score (nSPS) is 11.8. The Bertz CT molecular complexity index is 358. The maximum atomic E-state index is 9.94. The molecule has 1 aromatic rings. The fourth-order valence-electron chi connectivity index (χ4n) is 1.95. The van der Waals surface area contributed by atoms with Crippen molar-refractivity contribution in [1.29, 1.82) is 0 Å². The second-order valence-corrected chi connectivity index (χ2v) is 4.46. The number of hydrogen-bond acceptors (Lipinski definition) is 3. The molecule has 1 N–H and O–H groups in total. The Morgan fingerprint density at radius 2 is 1.72 bits per heavy atom. The maximum Gasteiger partial charge on any atom is 0.234 e. The molecule has 0 saturated heterocycles. The van der Waals surface area contributed by atoms with E-state index in [4.69, 9.17) is 0 Å². The van der Waals surface area contributed by atoms with Crippen molar-refractivity contribution in [3.05, 3.63) is 35.9 Å². The summed E-state index contributed by atoms with van der Waals surface area (Å²) in [6.45, 7) is 0.593. The van der Waals surface area contributed by atoms with Gasteiger partial charge >= 0.3 is 0 Å². The van der Waals surface area contributed by atoms with Gasteiger partial charge in [0.1, 0.15) is 0 Å². The molecule has 1 atom stereocenters. The Labute approximate surface area is 109 Å². The van der Waals surface area contributed by atoms with Crippen LogP contribution in [0.5, 0.6) is 0 Å². The number of aliphatic hydroxyl groups is 1. The largest absolute Gasteiger partial charge is 0.388 e. The number of nitrogens with zero attached hydrogens (tertiary/aromatic N) is 1. The van der Waals surface area contributed by atoms with Gasteiger partial charge in [-0.2, -0.15) is 0 Å². The molecule has 1 aromatic carbocycles. The molecule has 0 aliphatic heterocycles. The minimum atomic E-state index is -0.342. The Balaban J connectivity index is 2.02. The van der Waals surface area contributed by atoms with Crippen LogP contribution in [-0.2, 0) is 4.79 Å². The van der Waals surface area contributed by atoms with E-state index in [0.717, 1.165) is 44.1 Å². The molecule has 0 fully saturated rings. The quantitative estimate of drug-likeness (QED) is 0.413. The molecule has 0 aliphatic carbocycles. The van der Waals surface area contributed by atoms with Gasteiger partial charge in [0.25, 0.3) is 0 Å². The number of carbonyl (C=O) groups excluding carboxylic acids is 1. The van der Waals surface area contributed by atoms with Gasteiger partial charge in [-0.3, -0.25) is 0 Å². The molecule has 1 unspecified atom stereocenters. The molecular weight excluding hydrogens is 226 g/mol. The van der Waals surface area contributed by atoms with Crippen LogP contribution < -0.4 is 0 Å². The Morgan fingerprint density at radius 1 is 1.06 bits per heavy atom. The van der Waals surface area contributed by atoms with Gasteiger partial charge in [-0.1, -0.05) is 56.0 Å². The van der Waals surface area contributed by atoms with Crippen LogP contribution >= 0.6 is 0 Å². The standard InChI is InChI=1S/C15H21NO2/c17-13-16-12-8-3-1-2-7-11-15(18)14-9-5-4-6-10-14/h4-6,9-10,15,18H,1-3,7-8,11-12H2. The zero-order valence-electron chi connectivity index (χ0n) is 10.7. The van der Waals surface area contributed by atoms with Gasteiger partial charge in [-0.25, -0.2) is 9.79 Å². The smallest absolute Gasteiger partial charge is 0.234 e. The molecule has 98 valence electrons. The van der Waals surface area contributed by atoms with Crippen LogP contribution in [0, 0.1) is 0 Å². The summed E-state index contributed by atoms with van der Waals surface area (Å²) < 4.78 is 0. The lowest BCUT2D eigenvalue weighted by atomic mass is 10.0. The van der Waals surface area contributed by atoms with Gasteiger partial charge in [0, 0.05) is 0 Å². The third kappa shape index (κ3) is 6.33. The van der Waals surface area contributed by atoms with Crippen LogP contribution in [0.25, 0.3) is 0 Å². The van der Waals surface area contributed by atoms with Crippen molar-refractivity contribution < 1.29 is 9.90 Å². The van der Waals surface area contributed by atoms with Gasteiger partial charge < -0.3 is 5.11 Å². The van der Waals surface area contributed by atoms with E-state index in [1.54, 1.807) is 6.08 Å². The fourth-order valence-corrected chi connectivity index (χ4v) is 1.95. The fraction of sp³-hybridized carbons (Fsp3) is 0.533. The summed E-state index contributed by atoms with van der Waals surface area (Å²) in [7, 11) is 0. The summed E-state index contributed by atoms with van der Waals surface area (Å²) in [5.41, 5.74) is 0.998. The van der Waals surface area contributed by atoms with E-state index < -0.39 is 0 Å². The van der Waals surface area contributed by atoms with Gasteiger partial charge in [-0.15, -0.1) is 0 Å². The van der Waals surface area contributed by atoms with Crippen LogP contribution in [0.15, 0.2) is 35.3 Å². The van der Waals surface area contributed by atoms with Crippen molar-refractivity contribution in [3.63, 3.8) is 0 Å². The molecule has 0 heterocycles. The summed E-state index contributed by atoms with van der Waals surface area (Å²) in [5.74, 6) is 0. The molecule has 1 rings (SSSR count). The maximum absolute atomic E-state index is 9.94. The summed E-state index contributed by atoms with van der Waals surface area (Å²) in [6, 6.07) is 9.78. The number of benzene rings is 1. The van der Waals surface area contributed by atoms with Crippen LogP contribution in [0.2, 0.25) is 0 Å². The van der Waals surface area contributed by atoms with Crippen molar-refractivity contribution in [2.45, 2.75) is 44.6 Å². The highest BCUT2D eigenvalue weighted by Crippen LogP contribution is 2.19. The topological polar surface area (TPSA) is 49.7 Å². The average Bonchev–Trinajstić information content (AvgIpc) is 2.42. The zero-order valence-corrected chi connectivity index (χ0v) is 10.7. The molecule has 0 amide bonds. The first-order chi connectivity index (χ1) is 8.84. The van der Waals surface area contributed by atoms with Crippen molar-refractivity contribution in [2.75, 3.05) is 6.54 Å². The third-order valence-electron chi connectivity index (χ3n) is 3.00. The van der Waals surface area contributed by atoms with E-state index in [1.165, 1.54) is 0 Å². The monoisotopic (exact) mass is 247 g/mol. The molecule has 0 spiro atoms. The van der Waals surface area contributed by atoms with Crippen LogP contribution in [0.1, 0.15) is 50.2 Å². The number of hydrogen-bond donors (Lipinski definition) is 1. The zero-order chi connectivity index (χ0) is 13.1. The van der Waals surface area contributed by atoms with E-state index in [9.17, 15) is 9.90 Å². The number of unbranched alkanes of at least 4 members (excludes halogenated alkanes) is 4. The number of isocyanates is 1. The van der Waals surface area contributed by atoms with Gasteiger partial charge in [0.15, 0.2) is 0 Å². The first-order valence-electron chi connectivity index (χ1n) is 6.61. The second-order valence-electron chi connectivity index (χ2n) is 4.46. The van der Waals surface area contributed by atoms with Crippen molar-refractivity contribution in [2.24, 2.45) is 4.99 Å². The SMILES string of the molecule is O=C=NCCCCCCCC(O)c1ccccc1. The van der Waals surface area contributed by atoms with Gasteiger partial charge in [0.2, 0.25) is 6.08 Å². The Morgan fingerprint density at radius 3 is 2.44 bits per heavy atom. The van der Waals surface area contributed by atoms with Crippen molar-refractivity contribution in [3.8, 4) is 0 Å². The molecule has 3 nitrogen and oxygen atoms in total. The van der Waals surface area contributed by atoms with Crippen molar-refractivity contribution in [1.82, 2.24) is 0 Å². The Hall–Kier alpha value is -1.44. The van der Waals surface area contributed by atoms with E-state index in [2.05, 4.69) is 4.99 Å². The molecule has 0 bridgehead atoms. The van der Waals surface area contributed by atoms with Gasteiger partial charge in [0.05, 0.1) is 12.6 Å². The lowest BCUT2D eigenvalue weighted by Crippen LogP contribution is -1.96. The molecule has 0 aliphatic rings. The predicted octanol–water partition coefficient (Wildman–Crippen LogP) is 3.40. The lowest BCUT2D eigenvalue weighted by Gasteiger charge is -2.10. The molecule has 0 saturated carbocycles. The number of aliphatic imine (C=N–C) groups is 1. The van der Waals surface area contributed by atoms with Crippen LogP contribution in [0.4, 0.5) is 0 Å². The highest BCUT2D eigenvalue weighted by Gasteiger charge is 2.05. The summed E-state index contributed by atoms with van der Waals surface area (Å²) in [6.07, 6.45) is 7.35. The number of aliphatic hydroxyl groups excluding tert-OH is 1. The average molecular weight is 247 g/mol. The molecule has 18 heavy (non-hydrogen) atoms. The minimum Gasteiger partial charge on any atom is -0.388 e. The number of rotatable bonds is 9. The summed E-state index contributed by atoms with van der Waals surface area (Å²) >= 11 is 0. The molecular formula is C15H21NO2. The van der Waals surface area contributed by atoms with E-state index in [1.807, 2.05) is 30.3 Å². The third-order valence-corrected chi connectivity index (χ3v) is 3.00. The molecule has 0 radical (unpaired) electrons. The Kier molecular flexibility index (Phi) is 7.78. The predicted molar refractivity (Wildman–Crippen MR) is 72.1 cm³/mol. The highest BCUT2D eigenvalue weighted by atomic mass is 16.3. The summed E-state index contributed by atoms with van der Waals surface area (Å²) in [4.78, 5) is 13.3. The molecule has 0 aromatic heterocycles. The van der Waals surface area contributed by atoms with Crippen molar-refractivity contribution >= 4 is 6.08 Å². The van der Waals surface area contributed by atoms with E-state index in [0.29, 0.717) is 6.54 Å². The van der Waals surface area contributed by atoms with Gasteiger partial charge in [-0.05, 0) is 18.4 Å². The van der Waals surface area contributed by atoms with E-state index in [-0.39, 0.29) is 6.10 Å². The highest BCUT2D eigenvalue weighted by molar-refractivity contribution is 5.32. The van der Waals surface area contributed by atoms with Crippen LogP contribution in [-0.4, -0.2) is 17.7 Å². The lowest BCUT2D eigenvalue weighted by molar-refractivity contribution is 0.163. The molecule has 3 heteroatoms. The minimum absolute atomic E-state index is 0.342. The summed E-state index contributed by atoms with van der Waals surface area (Å²) in [5, 5.41) is 9.94. The van der Waals surface area contributed by atoms with Crippen LogP contribution in [0.3, 0.4) is 0 Å². The second kappa shape index (κ2) is 9.58. The first kappa shape index (κ1) is 14.6.